The van der Waals surface area contributed by atoms with Crippen molar-refractivity contribution in [2.45, 2.75) is 32.3 Å². The average Bonchev–Trinajstić information content (AvgIpc) is 2.74. The van der Waals surface area contributed by atoms with Crippen LogP contribution < -0.4 is 0 Å². The maximum absolute atomic E-state index is 9.15. The van der Waals surface area contributed by atoms with Gasteiger partial charge in [0.2, 0.25) is 6.29 Å². The van der Waals surface area contributed by atoms with E-state index in [1.165, 1.54) is 0 Å². The SMILES string of the molecule is CC(C)CC1(C#N)OOC(c2ccccc2)O1. The number of ether oxygens (including phenoxy) is 1. The monoisotopic (exact) mass is 233 g/mol. The van der Waals surface area contributed by atoms with Gasteiger partial charge in [0.15, 0.2) is 0 Å². The Kier molecular flexibility index (Phi) is 3.43. The molecule has 1 aliphatic rings. The van der Waals surface area contributed by atoms with Gasteiger partial charge in [-0.25, -0.2) is 0 Å². The first kappa shape index (κ1) is 12.1. The normalized spacial score (nSPS) is 28.2. The number of hydrogen-bond acceptors (Lipinski definition) is 4. The third-order valence-corrected chi connectivity index (χ3v) is 2.49. The summed E-state index contributed by atoms with van der Waals surface area (Å²) in [4.78, 5) is 10.2. The molecule has 4 nitrogen and oxygen atoms in total. The molecule has 17 heavy (non-hydrogen) atoms. The Morgan fingerprint density at radius 2 is 2.06 bits per heavy atom. The van der Waals surface area contributed by atoms with Gasteiger partial charge in [0, 0.05) is 12.0 Å². The van der Waals surface area contributed by atoms with Crippen molar-refractivity contribution < 1.29 is 14.5 Å². The summed E-state index contributed by atoms with van der Waals surface area (Å²) in [7, 11) is 0. The lowest BCUT2D eigenvalue weighted by Crippen LogP contribution is -2.29. The van der Waals surface area contributed by atoms with Crippen LogP contribution in [0.15, 0.2) is 30.3 Å². The van der Waals surface area contributed by atoms with Gasteiger partial charge in [0.25, 0.3) is 5.79 Å². The molecule has 0 aromatic heterocycles. The van der Waals surface area contributed by atoms with Gasteiger partial charge in [0.05, 0.1) is 0 Å². The Labute approximate surface area is 101 Å². The minimum atomic E-state index is -1.28. The number of benzene rings is 1. The lowest BCUT2D eigenvalue weighted by atomic mass is 10.0. The molecule has 0 spiro atoms. The van der Waals surface area contributed by atoms with E-state index in [1.807, 2.05) is 50.2 Å². The Morgan fingerprint density at radius 3 is 2.65 bits per heavy atom. The van der Waals surface area contributed by atoms with E-state index >= 15 is 0 Å². The highest BCUT2D eigenvalue weighted by Gasteiger charge is 2.45. The largest absolute Gasteiger partial charge is 0.299 e. The lowest BCUT2D eigenvalue weighted by molar-refractivity contribution is -0.319. The van der Waals surface area contributed by atoms with E-state index in [2.05, 4.69) is 0 Å². The summed E-state index contributed by atoms with van der Waals surface area (Å²) in [6.45, 7) is 4.00. The molecule has 0 N–H and O–H groups in total. The van der Waals surface area contributed by atoms with Gasteiger partial charge >= 0.3 is 0 Å². The molecular weight excluding hydrogens is 218 g/mol. The van der Waals surface area contributed by atoms with Crippen LogP contribution in [-0.4, -0.2) is 5.79 Å². The van der Waals surface area contributed by atoms with Gasteiger partial charge in [0.1, 0.15) is 6.07 Å². The van der Waals surface area contributed by atoms with Crippen molar-refractivity contribution in [3.63, 3.8) is 0 Å². The maximum Gasteiger partial charge on any atom is 0.292 e. The first-order chi connectivity index (χ1) is 8.15. The summed E-state index contributed by atoms with van der Waals surface area (Å²) in [6, 6.07) is 11.5. The van der Waals surface area contributed by atoms with Gasteiger partial charge in [-0.05, 0) is 5.92 Å². The van der Waals surface area contributed by atoms with E-state index in [-0.39, 0.29) is 5.92 Å². The van der Waals surface area contributed by atoms with Crippen LogP contribution in [-0.2, 0) is 14.5 Å². The minimum Gasteiger partial charge on any atom is -0.299 e. The van der Waals surface area contributed by atoms with Gasteiger partial charge in [-0.3, -0.25) is 4.74 Å². The van der Waals surface area contributed by atoms with E-state index in [9.17, 15) is 0 Å². The highest BCUT2D eigenvalue weighted by Crippen LogP contribution is 2.37. The first-order valence-electron chi connectivity index (χ1n) is 5.64. The second-order valence-electron chi connectivity index (χ2n) is 4.50. The third-order valence-electron chi connectivity index (χ3n) is 2.49. The van der Waals surface area contributed by atoms with Gasteiger partial charge in [-0.2, -0.15) is 15.0 Å². The fourth-order valence-corrected chi connectivity index (χ4v) is 1.78. The van der Waals surface area contributed by atoms with E-state index in [0.29, 0.717) is 6.42 Å². The topological polar surface area (TPSA) is 51.5 Å². The van der Waals surface area contributed by atoms with Gasteiger partial charge in [-0.1, -0.05) is 44.2 Å². The first-order valence-corrected chi connectivity index (χ1v) is 5.64. The Morgan fingerprint density at radius 1 is 1.35 bits per heavy atom. The van der Waals surface area contributed by atoms with Gasteiger partial charge < -0.3 is 0 Å². The molecule has 0 aliphatic carbocycles. The summed E-state index contributed by atoms with van der Waals surface area (Å²) in [5.41, 5.74) is 0.841. The molecule has 0 radical (unpaired) electrons. The second kappa shape index (κ2) is 4.84. The molecule has 2 atom stereocenters. The van der Waals surface area contributed by atoms with Gasteiger partial charge in [-0.15, -0.1) is 0 Å². The zero-order valence-corrected chi connectivity index (χ0v) is 9.92. The smallest absolute Gasteiger partial charge is 0.292 e. The number of hydrogen-bond donors (Lipinski definition) is 0. The number of nitriles is 1. The highest BCUT2D eigenvalue weighted by atomic mass is 17.3. The van der Waals surface area contributed by atoms with Crippen molar-refractivity contribution in [2.75, 3.05) is 0 Å². The molecule has 1 aromatic rings. The fourth-order valence-electron chi connectivity index (χ4n) is 1.78. The molecule has 0 saturated carbocycles. The summed E-state index contributed by atoms with van der Waals surface area (Å²) < 4.78 is 5.59. The van der Waals surface area contributed by atoms with E-state index < -0.39 is 12.1 Å². The maximum atomic E-state index is 9.15. The van der Waals surface area contributed by atoms with Crippen LogP contribution in [0, 0.1) is 17.2 Å². The molecule has 1 fully saturated rings. The molecule has 2 unspecified atom stereocenters. The van der Waals surface area contributed by atoms with E-state index in [1.54, 1.807) is 0 Å². The standard InChI is InChI=1S/C13H15NO3/c1-10(2)8-13(9-14)15-12(16-17-13)11-6-4-3-5-7-11/h3-7,10,12H,8H2,1-2H3. The van der Waals surface area contributed by atoms with Crippen LogP contribution in [0.3, 0.4) is 0 Å². The molecule has 1 aromatic carbocycles. The number of rotatable bonds is 3. The lowest BCUT2D eigenvalue weighted by Gasteiger charge is -2.18. The molecule has 1 aliphatic heterocycles. The van der Waals surface area contributed by atoms with Crippen molar-refractivity contribution in [3.05, 3.63) is 35.9 Å². The zero-order valence-electron chi connectivity index (χ0n) is 9.92. The summed E-state index contributed by atoms with van der Waals surface area (Å²) >= 11 is 0. The third kappa shape index (κ3) is 2.64. The summed E-state index contributed by atoms with van der Waals surface area (Å²) in [6.07, 6.45) is -0.151. The molecule has 1 saturated heterocycles. The zero-order chi connectivity index (χ0) is 12.3. The van der Waals surface area contributed by atoms with Crippen molar-refractivity contribution in [1.82, 2.24) is 0 Å². The van der Waals surface area contributed by atoms with Crippen LogP contribution in [0.25, 0.3) is 0 Å². The van der Waals surface area contributed by atoms with Crippen LogP contribution in [0.4, 0.5) is 0 Å². The molecule has 0 amide bonds. The quantitative estimate of drug-likeness (QED) is 0.753. The Balaban J connectivity index is 2.11. The molecule has 1 heterocycles. The highest BCUT2D eigenvalue weighted by molar-refractivity contribution is 5.16. The van der Waals surface area contributed by atoms with Crippen LogP contribution >= 0.6 is 0 Å². The van der Waals surface area contributed by atoms with Crippen molar-refractivity contribution in [3.8, 4) is 6.07 Å². The predicted molar refractivity (Wildman–Crippen MR) is 60.2 cm³/mol. The van der Waals surface area contributed by atoms with Crippen molar-refractivity contribution in [1.29, 1.82) is 5.26 Å². The van der Waals surface area contributed by atoms with Crippen molar-refractivity contribution in [2.24, 2.45) is 5.92 Å². The predicted octanol–water partition coefficient (Wildman–Crippen LogP) is 2.93. The van der Waals surface area contributed by atoms with Crippen LogP contribution in [0.2, 0.25) is 0 Å². The molecule has 90 valence electrons. The molecule has 0 bridgehead atoms. The molecule has 4 heteroatoms. The average molecular weight is 233 g/mol. The second-order valence-corrected chi connectivity index (χ2v) is 4.50. The van der Waals surface area contributed by atoms with E-state index in [0.717, 1.165) is 5.56 Å². The molecule has 2 rings (SSSR count). The van der Waals surface area contributed by atoms with Crippen molar-refractivity contribution >= 4 is 0 Å². The molecular formula is C13H15NO3. The van der Waals surface area contributed by atoms with E-state index in [4.69, 9.17) is 19.8 Å². The minimum absolute atomic E-state index is 0.285. The number of nitrogens with zero attached hydrogens (tertiary/aromatic N) is 1. The Bertz CT molecular complexity index is 412. The van der Waals surface area contributed by atoms with Crippen LogP contribution in [0.1, 0.15) is 32.1 Å². The fraction of sp³-hybridized carbons (Fsp3) is 0.462. The Hall–Kier alpha value is -1.41. The summed E-state index contributed by atoms with van der Waals surface area (Å²) in [5, 5.41) is 9.15. The van der Waals surface area contributed by atoms with Crippen LogP contribution in [0.5, 0.6) is 0 Å². The summed E-state index contributed by atoms with van der Waals surface area (Å²) in [5.74, 6) is -0.998.